The number of rotatable bonds is 0. The van der Waals surface area contributed by atoms with Crippen molar-refractivity contribution in [3.05, 3.63) is 0 Å². The fourth-order valence-corrected chi connectivity index (χ4v) is 0. The first-order valence-corrected chi connectivity index (χ1v) is 1.82. The Kier molecular flexibility index (Phi) is 35.9. The molecule has 0 heterocycles. The number of hydrogen-bond acceptors (Lipinski definition) is 4. The van der Waals surface area contributed by atoms with E-state index in [4.69, 9.17) is 19.8 Å². The van der Waals surface area contributed by atoms with Gasteiger partial charge in [-0.3, -0.25) is 0 Å². The number of aliphatic carboxylic acids is 2. The van der Waals surface area contributed by atoms with Gasteiger partial charge in [-0.2, -0.15) is 0 Å². The molecule has 0 aromatic carbocycles. The quantitative estimate of drug-likeness (QED) is 0.382. The maximum absolute atomic E-state index is 8.89. The summed E-state index contributed by atoms with van der Waals surface area (Å²) >= 11 is 0. The average molecular weight is 182 g/mol. The summed E-state index contributed by atoms with van der Waals surface area (Å²) in [5.41, 5.74) is 0. The summed E-state index contributed by atoms with van der Waals surface area (Å²) in [6, 6.07) is 0. The van der Waals surface area contributed by atoms with E-state index >= 15 is 0 Å². The van der Waals surface area contributed by atoms with E-state index in [-0.39, 0.29) is 27.2 Å². The molecule has 0 aliphatic carbocycles. The third-order valence-corrected chi connectivity index (χ3v) is 0. The van der Waals surface area contributed by atoms with Crippen LogP contribution in [0, 0.1) is 0 Å². The van der Waals surface area contributed by atoms with E-state index in [1.165, 1.54) is 0 Å². The summed E-state index contributed by atoms with van der Waals surface area (Å²) < 4.78 is 0. The molecule has 0 rings (SSSR count). The van der Waals surface area contributed by atoms with Crippen molar-refractivity contribution in [3.8, 4) is 0 Å². The fraction of sp³-hybridized carbons (Fsp3) is 0.500. The maximum Gasteiger partial charge on any atom is 4.00 e. The normalized spacial score (nSPS) is 5.00. The summed E-state index contributed by atoms with van der Waals surface area (Å²) in [5, 5.41) is 17.8. The Hall–Kier alpha value is -0.386. The number of carbonyl (C=O) groups is 2. The predicted octanol–water partition coefficient (Wildman–Crippen LogP) is -2.61. The third-order valence-electron chi connectivity index (χ3n) is 0. The molecule has 0 amide bonds. The van der Waals surface area contributed by atoms with Crippen molar-refractivity contribution in [1.29, 1.82) is 0 Å². The van der Waals surface area contributed by atoms with E-state index in [1.54, 1.807) is 0 Å². The second kappa shape index (κ2) is 15.8. The van der Waals surface area contributed by atoms with Crippen LogP contribution in [0.25, 0.3) is 0 Å². The Bertz CT molecular complexity index is 71.6. The largest absolute Gasteiger partial charge is 4.00 e. The Morgan fingerprint density at radius 3 is 1.00 bits per heavy atom. The average Bonchev–Trinajstić information content (AvgIpc) is 1.25. The first-order chi connectivity index (χ1) is 3.46. The van der Waals surface area contributed by atoms with Crippen LogP contribution in [0.3, 0.4) is 0 Å². The van der Waals surface area contributed by atoms with Crippen molar-refractivity contribution >= 4 is 11.9 Å². The monoisotopic (exact) mass is 182 g/mol. The summed E-state index contributed by atoms with van der Waals surface area (Å²) in [4.78, 5) is 17.8. The van der Waals surface area contributed by atoms with Gasteiger partial charge >= 0.3 is 21.7 Å². The number of carbonyl (C=O) groups excluding carboxylic acids is 2. The Labute approximate surface area is 73.2 Å². The minimum absolute atomic E-state index is 0. The van der Waals surface area contributed by atoms with Gasteiger partial charge < -0.3 is 25.3 Å². The van der Waals surface area contributed by atoms with Gasteiger partial charge in [-0.25, -0.2) is 0 Å². The summed E-state index contributed by atoms with van der Waals surface area (Å²) in [6.07, 6.45) is 0. The number of carboxylic acid groups (broad SMARTS) is 2. The van der Waals surface area contributed by atoms with Gasteiger partial charge in [0.2, 0.25) is 0 Å². The minimum atomic E-state index is -1.08. The number of hydrogen-bond donors (Lipinski definition) is 0. The Morgan fingerprint density at radius 1 is 1.00 bits per heavy atom. The predicted molar refractivity (Wildman–Crippen MR) is 22.0 cm³/mol. The van der Waals surface area contributed by atoms with Crippen molar-refractivity contribution < 1.29 is 47.0 Å². The molecule has 5 nitrogen and oxygen atoms in total. The van der Waals surface area contributed by atoms with E-state index in [2.05, 4.69) is 0 Å². The zero-order valence-corrected chi connectivity index (χ0v) is 7.10. The summed E-state index contributed by atoms with van der Waals surface area (Å²) in [7, 11) is 0. The van der Waals surface area contributed by atoms with Gasteiger partial charge in [-0.15, -0.1) is 0 Å². The zero-order chi connectivity index (χ0) is 7.15. The molecule has 0 saturated carbocycles. The van der Waals surface area contributed by atoms with Crippen LogP contribution < -0.4 is 10.2 Å². The van der Waals surface area contributed by atoms with E-state index in [0.29, 0.717) is 0 Å². The van der Waals surface area contributed by atoms with Crippen LogP contribution in [0.15, 0.2) is 0 Å². The zero-order valence-electron chi connectivity index (χ0n) is 5.54. The molecule has 0 radical (unpaired) electrons. The van der Waals surface area contributed by atoms with Gasteiger partial charge in [0, 0.05) is 11.9 Å². The van der Waals surface area contributed by atoms with Gasteiger partial charge in [0.05, 0.1) is 0 Å². The van der Waals surface area contributed by atoms with Crippen molar-refractivity contribution in [2.45, 2.75) is 13.8 Å². The molecule has 0 aromatic rings. The number of carboxylic acids is 2. The van der Waals surface area contributed by atoms with Gasteiger partial charge in [0.15, 0.2) is 0 Å². The van der Waals surface area contributed by atoms with E-state index < -0.39 is 11.9 Å². The molecule has 0 aromatic heterocycles. The molecule has 0 bridgehead atoms. The molecule has 0 atom stereocenters. The van der Waals surface area contributed by atoms with Crippen molar-refractivity contribution in [1.82, 2.24) is 0 Å². The van der Waals surface area contributed by atoms with Crippen molar-refractivity contribution in [3.63, 3.8) is 0 Å². The fourth-order valence-electron chi connectivity index (χ4n) is 0. The van der Waals surface area contributed by atoms with Crippen LogP contribution >= 0.6 is 0 Å². The van der Waals surface area contributed by atoms with E-state index in [1.807, 2.05) is 0 Å². The molecule has 0 saturated heterocycles. The third kappa shape index (κ3) is 2240. The summed E-state index contributed by atoms with van der Waals surface area (Å²) in [5.74, 6) is -2.17. The van der Waals surface area contributed by atoms with Crippen LogP contribution in [-0.2, 0) is 36.8 Å². The summed E-state index contributed by atoms with van der Waals surface area (Å²) in [6.45, 7) is 1.94. The van der Waals surface area contributed by atoms with Crippen LogP contribution in [0.1, 0.15) is 13.8 Å². The first kappa shape index (κ1) is 22.6. The molecule has 10 heavy (non-hydrogen) atoms. The molecule has 0 spiro atoms. The SMILES string of the molecule is CC(=O)[O-].CC(=O)[O-].[O-2].[Ti+4]. The Morgan fingerprint density at radius 2 is 1.00 bits per heavy atom. The molecule has 0 unspecified atom stereocenters. The minimum Gasteiger partial charge on any atom is -2.00 e. The van der Waals surface area contributed by atoms with Gasteiger partial charge in [-0.1, -0.05) is 0 Å². The molecule has 0 aliphatic rings. The van der Waals surface area contributed by atoms with Crippen LogP contribution in [0.2, 0.25) is 0 Å². The van der Waals surface area contributed by atoms with Crippen LogP contribution in [0.4, 0.5) is 0 Å². The second-order valence-corrected chi connectivity index (χ2v) is 0.983. The van der Waals surface area contributed by atoms with Gasteiger partial charge in [0.1, 0.15) is 0 Å². The standard InChI is InChI=1S/2C2H4O2.O.Ti/c2*1-2(3)4;;/h2*1H3,(H,3,4);;/q;;-2;+4/p-2. The van der Waals surface area contributed by atoms with Gasteiger partial charge in [-0.05, 0) is 13.8 Å². The molecule has 0 N–H and O–H groups in total. The maximum atomic E-state index is 8.89. The second-order valence-electron chi connectivity index (χ2n) is 0.983. The van der Waals surface area contributed by atoms with E-state index in [9.17, 15) is 0 Å². The van der Waals surface area contributed by atoms with Crippen molar-refractivity contribution in [2.75, 3.05) is 0 Å². The topological polar surface area (TPSA) is 109 Å². The molecule has 56 valence electrons. The van der Waals surface area contributed by atoms with E-state index in [0.717, 1.165) is 13.8 Å². The molecule has 0 aliphatic heterocycles. The molecule has 0 fully saturated rings. The Balaban J connectivity index is -0.0000000300. The molecule has 6 heteroatoms. The smallest absolute Gasteiger partial charge is 2.00 e. The van der Waals surface area contributed by atoms with Gasteiger partial charge in [0.25, 0.3) is 0 Å². The molecular formula is C4H6O5Ti. The molecular weight excluding hydrogens is 176 g/mol. The van der Waals surface area contributed by atoms with Crippen LogP contribution in [0.5, 0.6) is 0 Å². The van der Waals surface area contributed by atoms with Crippen LogP contribution in [-0.4, -0.2) is 11.9 Å². The van der Waals surface area contributed by atoms with Crippen molar-refractivity contribution in [2.24, 2.45) is 0 Å². The first-order valence-electron chi connectivity index (χ1n) is 1.82.